The van der Waals surface area contributed by atoms with Crippen molar-refractivity contribution in [3.63, 3.8) is 0 Å². The van der Waals surface area contributed by atoms with Crippen LogP contribution in [0.1, 0.15) is 12.5 Å². The van der Waals surface area contributed by atoms with Crippen LogP contribution in [-0.2, 0) is 26.2 Å². The van der Waals surface area contributed by atoms with Crippen LogP contribution in [0.25, 0.3) is 0 Å². The average molecular weight is 552 g/mol. The maximum absolute atomic E-state index is 13.9. The Labute approximate surface area is 219 Å². The van der Waals surface area contributed by atoms with Gasteiger partial charge in [0.1, 0.15) is 18.4 Å². The average Bonchev–Trinajstić information content (AvgIpc) is 2.87. The van der Waals surface area contributed by atoms with Crippen molar-refractivity contribution in [2.24, 2.45) is 0 Å². The lowest BCUT2D eigenvalue weighted by Gasteiger charge is -2.32. The largest absolute Gasteiger partial charge is 0.357 e. The number of nitrogens with one attached hydrogen (secondary N) is 1. The van der Waals surface area contributed by atoms with Crippen LogP contribution < -0.4 is 9.62 Å². The SMILES string of the molecule is CNC(=O)C(C)N(Cc1ccccc1Cl)C(=O)CN(c1ccc(F)c(Cl)c1)S(=O)(=O)c1ccccc1. The number of carbonyl (C=O) groups is 2. The zero-order chi connectivity index (χ0) is 26.5. The quantitative estimate of drug-likeness (QED) is 0.424. The van der Waals surface area contributed by atoms with Gasteiger partial charge in [0.15, 0.2) is 0 Å². The molecule has 36 heavy (non-hydrogen) atoms. The minimum atomic E-state index is -4.27. The molecule has 0 aliphatic carbocycles. The van der Waals surface area contributed by atoms with Crippen molar-refractivity contribution in [3.8, 4) is 0 Å². The molecule has 0 aromatic heterocycles. The Bertz CT molecular complexity index is 1360. The van der Waals surface area contributed by atoms with E-state index < -0.39 is 40.2 Å². The van der Waals surface area contributed by atoms with Crippen LogP contribution >= 0.6 is 23.2 Å². The zero-order valence-electron chi connectivity index (χ0n) is 19.5. The van der Waals surface area contributed by atoms with E-state index in [1.165, 1.54) is 37.1 Å². The van der Waals surface area contributed by atoms with Crippen LogP contribution in [0, 0.1) is 5.82 Å². The highest BCUT2D eigenvalue weighted by Crippen LogP contribution is 2.28. The highest BCUT2D eigenvalue weighted by atomic mass is 35.5. The molecule has 1 N–H and O–H groups in total. The van der Waals surface area contributed by atoms with E-state index in [1.807, 2.05) is 0 Å². The van der Waals surface area contributed by atoms with Crippen molar-refractivity contribution in [2.75, 3.05) is 17.9 Å². The number of likely N-dealkylation sites (N-methyl/N-ethyl adjacent to an activating group) is 1. The van der Waals surface area contributed by atoms with Crippen molar-refractivity contribution >= 4 is 50.7 Å². The monoisotopic (exact) mass is 551 g/mol. The molecule has 3 aromatic carbocycles. The first-order chi connectivity index (χ1) is 17.1. The number of amides is 2. The summed E-state index contributed by atoms with van der Waals surface area (Å²) in [5.41, 5.74) is 0.564. The van der Waals surface area contributed by atoms with E-state index >= 15 is 0 Å². The van der Waals surface area contributed by atoms with Crippen LogP contribution in [-0.4, -0.2) is 44.8 Å². The number of halogens is 3. The number of nitrogens with zero attached hydrogens (tertiary/aromatic N) is 2. The van der Waals surface area contributed by atoms with Gasteiger partial charge in [0, 0.05) is 18.6 Å². The van der Waals surface area contributed by atoms with Gasteiger partial charge in [-0.25, -0.2) is 12.8 Å². The van der Waals surface area contributed by atoms with Crippen molar-refractivity contribution in [1.29, 1.82) is 0 Å². The predicted molar refractivity (Wildman–Crippen MR) is 138 cm³/mol. The fourth-order valence-corrected chi connectivity index (χ4v) is 5.29. The third-order valence-corrected chi connectivity index (χ3v) is 7.96. The van der Waals surface area contributed by atoms with Gasteiger partial charge in [-0.2, -0.15) is 0 Å². The van der Waals surface area contributed by atoms with E-state index in [0.717, 1.165) is 16.4 Å². The second-order valence-electron chi connectivity index (χ2n) is 7.83. The molecule has 3 rings (SSSR count). The second-order valence-corrected chi connectivity index (χ2v) is 10.5. The van der Waals surface area contributed by atoms with Gasteiger partial charge in [-0.15, -0.1) is 0 Å². The van der Waals surface area contributed by atoms with E-state index in [2.05, 4.69) is 5.32 Å². The van der Waals surface area contributed by atoms with Crippen LogP contribution in [0.5, 0.6) is 0 Å². The summed E-state index contributed by atoms with van der Waals surface area (Å²) in [4.78, 5) is 27.2. The van der Waals surface area contributed by atoms with Crippen molar-refractivity contribution in [3.05, 3.63) is 94.2 Å². The van der Waals surface area contributed by atoms with Crippen LogP contribution in [0.4, 0.5) is 10.1 Å². The van der Waals surface area contributed by atoms with Gasteiger partial charge < -0.3 is 10.2 Å². The molecule has 0 bridgehead atoms. The summed E-state index contributed by atoms with van der Waals surface area (Å²) in [6.45, 7) is 0.805. The third-order valence-electron chi connectivity index (χ3n) is 5.51. The van der Waals surface area contributed by atoms with E-state index in [-0.39, 0.29) is 22.2 Å². The molecule has 1 atom stereocenters. The lowest BCUT2D eigenvalue weighted by Crippen LogP contribution is -2.50. The fraction of sp³-hybridized carbons (Fsp3) is 0.200. The smallest absolute Gasteiger partial charge is 0.264 e. The molecule has 190 valence electrons. The second kappa shape index (κ2) is 11.7. The minimum absolute atomic E-state index is 0.0103. The van der Waals surface area contributed by atoms with Crippen LogP contribution in [0.2, 0.25) is 10.0 Å². The topological polar surface area (TPSA) is 86.8 Å². The summed E-state index contributed by atoms with van der Waals surface area (Å²) in [6, 6.07) is 16.7. The molecule has 2 amide bonds. The van der Waals surface area contributed by atoms with Crippen molar-refractivity contribution in [2.45, 2.75) is 24.4 Å². The first kappa shape index (κ1) is 27.4. The molecule has 0 aliphatic heterocycles. The molecular weight excluding hydrogens is 528 g/mol. The standard InChI is InChI=1S/C25H24Cl2FN3O4S/c1-17(25(33)29-2)30(15-18-8-6-7-11-21(18)26)24(32)16-31(19-12-13-23(28)22(27)14-19)36(34,35)20-9-4-3-5-10-20/h3-14,17H,15-16H2,1-2H3,(H,29,33). The summed E-state index contributed by atoms with van der Waals surface area (Å²) in [5.74, 6) is -1.86. The molecule has 0 saturated carbocycles. The van der Waals surface area contributed by atoms with E-state index in [0.29, 0.717) is 10.6 Å². The van der Waals surface area contributed by atoms with Gasteiger partial charge in [-0.3, -0.25) is 13.9 Å². The third kappa shape index (κ3) is 6.16. The van der Waals surface area contributed by atoms with Gasteiger partial charge in [-0.1, -0.05) is 59.6 Å². The predicted octanol–water partition coefficient (Wildman–Crippen LogP) is 4.49. The van der Waals surface area contributed by atoms with E-state index in [1.54, 1.807) is 42.5 Å². The summed E-state index contributed by atoms with van der Waals surface area (Å²) >= 11 is 12.2. The maximum atomic E-state index is 13.9. The van der Waals surface area contributed by atoms with Gasteiger partial charge in [-0.05, 0) is 48.9 Å². The molecule has 0 spiro atoms. The molecule has 1 unspecified atom stereocenters. The number of benzene rings is 3. The lowest BCUT2D eigenvalue weighted by atomic mass is 10.1. The van der Waals surface area contributed by atoms with Crippen molar-refractivity contribution in [1.82, 2.24) is 10.2 Å². The van der Waals surface area contributed by atoms with Crippen LogP contribution in [0.15, 0.2) is 77.7 Å². The Kier molecular flexibility index (Phi) is 8.94. The molecular formula is C25H24Cl2FN3O4S. The molecule has 0 radical (unpaired) electrons. The Morgan fingerprint density at radius 2 is 1.61 bits per heavy atom. The Balaban J connectivity index is 2.06. The fourth-order valence-electron chi connectivity index (χ4n) is 3.49. The molecule has 11 heteroatoms. The number of anilines is 1. The van der Waals surface area contributed by atoms with Crippen molar-refractivity contribution < 1.29 is 22.4 Å². The Hall–Kier alpha value is -3.14. The number of carbonyl (C=O) groups excluding carboxylic acids is 2. The molecule has 3 aromatic rings. The highest BCUT2D eigenvalue weighted by Gasteiger charge is 2.32. The van der Waals surface area contributed by atoms with E-state index in [4.69, 9.17) is 23.2 Å². The Morgan fingerprint density at radius 3 is 2.22 bits per heavy atom. The number of rotatable bonds is 9. The number of hydrogen-bond acceptors (Lipinski definition) is 4. The summed E-state index contributed by atoms with van der Waals surface area (Å²) in [7, 11) is -2.83. The van der Waals surface area contributed by atoms with Gasteiger partial charge >= 0.3 is 0 Å². The van der Waals surface area contributed by atoms with Gasteiger partial charge in [0.25, 0.3) is 10.0 Å². The summed E-state index contributed by atoms with van der Waals surface area (Å²) in [5, 5.41) is 2.58. The van der Waals surface area contributed by atoms with Crippen LogP contribution in [0.3, 0.4) is 0 Å². The first-order valence-corrected chi connectivity index (χ1v) is 13.0. The zero-order valence-corrected chi connectivity index (χ0v) is 21.8. The highest BCUT2D eigenvalue weighted by molar-refractivity contribution is 7.92. The normalized spacial score (nSPS) is 12.0. The minimum Gasteiger partial charge on any atom is -0.357 e. The summed E-state index contributed by atoms with van der Waals surface area (Å²) < 4.78 is 41.8. The molecule has 0 saturated heterocycles. The van der Waals surface area contributed by atoms with E-state index in [9.17, 15) is 22.4 Å². The Morgan fingerprint density at radius 1 is 0.972 bits per heavy atom. The number of hydrogen-bond donors (Lipinski definition) is 1. The first-order valence-electron chi connectivity index (χ1n) is 10.8. The molecule has 0 aliphatic rings. The maximum Gasteiger partial charge on any atom is 0.264 e. The molecule has 0 heterocycles. The summed E-state index contributed by atoms with van der Waals surface area (Å²) in [6.07, 6.45) is 0. The number of sulfonamides is 1. The lowest BCUT2D eigenvalue weighted by molar-refractivity contribution is -0.139. The van der Waals surface area contributed by atoms with Gasteiger partial charge in [0.05, 0.1) is 15.6 Å². The molecule has 7 nitrogen and oxygen atoms in total. The van der Waals surface area contributed by atoms with Gasteiger partial charge in [0.2, 0.25) is 11.8 Å². The molecule has 0 fully saturated rings.